The van der Waals surface area contributed by atoms with Crippen molar-refractivity contribution in [3.63, 3.8) is 0 Å². The number of hydrogen-bond acceptors (Lipinski definition) is 3. The third kappa shape index (κ3) is 4.06. The Morgan fingerprint density at radius 2 is 2.12 bits per heavy atom. The summed E-state index contributed by atoms with van der Waals surface area (Å²) >= 11 is 1.73. The van der Waals surface area contributed by atoms with Crippen LogP contribution < -0.4 is 0 Å². The molecule has 3 heteroatoms. The summed E-state index contributed by atoms with van der Waals surface area (Å²) in [6.45, 7) is 8.69. The Morgan fingerprint density at radius 3 is 2.65 bits per heavy atom. The minimum atomic E-state index is -0.118. The van der Waals surface area contributed by atoms with E-state index in [1.165, 1.54) is 25.5 Å². The van der Waals surface area contributed by atoms with Crippen molar-refractivity contribution in [1.82, 2.24) is 0 Å². The van der Waals surface area contributed by atoms with Gasteiger partial charge in [-0.1, -0.05) is 32.4 Å². The van der Waals surface area contributed by atoms with Crippen LogP contribution in [0.4, 0.5) is 0 Å². The van der Waals surface area contributed by atoms with Gasteiger partial charge in [0.15, 0.2) is 0 Å². The van der Waals surface area contributed by atoms with Crippen molar-refractivity contribution in [3.8, 4) is 0 Å². The van der Waals surface area contributed by atoms with Gasteiger partial charge < -0.3 is 4.74 Å². The summed E-state index contributed by atoms with van der Waals surface area (Å²) in [5, 5.41) is 0.380. The minimum Gasteiger partial charge on any atom is -0.468 e. The van der Waals surface area contributed by atoms with E-state index in [0.29, 0.717) is 17.1 Å². The van der Waals surface area contributed by atoms with Crippen LogP contribution in [-0.2, 0) is 9.53 Å². The lowest BCUT2D eigenvalue weighted by Crippen LogP contribution is -2.24. The highest BCUT2D eigenvalue weighted by molar-refractivity contribution is 8.01. The maximum Gasteiger partial charge on any atom is 0.318 e. The van der Waals surface area contributed by atoms with Crippen molar-refractivity contribution in [2.75, 3.05) is 7.11 Å². The van der Waals surface area contributed by atoms with Gasteiger partial charge in [-0.3, -0.25) is 4.79 Å². The Hall–Kier alpha value is -0.440. The van der Waals surface area contributed by atoms with Gasteiger partial charge in [0.1, 0.15) is 5.25 Å². The zero-order valence-corrected chi connectivity index (χ0v) is 12.3. The number of hydrogen-bond donors (Lipinski definition) is 0. The predicted molar refractivity (Wildman–Crippen MR) is 74.2 cm³/mol. The zero-order chi connectivity index (χ0) is 13.0. The van der Waals surface area contributed by atoms with Crippen molar-refractivity contribution >= 4 is 17.7 Å². The summed E-state index contributed by atoms with van der Waals surface area (Å²) in [5.41, 5.74) is 1.54. The molecule has 17 heavy (non-hydrogen) atoms. The normalized spacial score (nSPS) is 26.6. The van der Waals surface area contributed by atoms with Crippen LogP contribution in [0.3, 0.4) is 0 Å². The molecule has 0 fully saturated rings. The van der Waals surface area contributed by atoms with E-state index >= 15 is 0 Å². The molecule has 3 unspecified atom stereocenters. The first kappa shape index (κ1) is 14.6. The second-order valence-electron chi connectivity index (χ2n) is 5.18. The maximum atomic E-state index is 11.4. The Bertz CT molecular complexity index is 297. The standard InChI is InChI=1S/C14H24O2S/c1-9(2)12-7-6-10(3)13(8-12)17-11(4)14(15)16-5/h8-11,13H,6-7H2,1-5H3. The maximum absolute atomic E-state index is 11.4. The Kier molecular flexibility index (Phi) is 5.57. The summed E-state index contributed by atoms with van der Waals surface area (Å²) in [6.07, 6.45) is 4.82. The van der Waals surface area contributed by atoms with E-state index in [-0.39, 0.29) is 11.2 Å². The van der Waals surface area contributed by atoms with Gasteiger partial charge in [0.2, 0.25) is 0 Å². The van der Waals surface area contributed by atoms with E-state index in [4.69, 9.17) is 4.74 Å². The summed E-state index contributed by atoms with van der Waals surface area (Å²) in [4.78, 5) is 11.4. The fourth-order valence-electron chi connectivity index (χ4n) is 2.13. The molecule has 0 aromatic heterocycles. The van der Waals surface area contributed by atoms with Crippen LogP contribution in [-0.4, -0.2) is 23.6 Å². The van der Waals surface area contributed by atoms with Crippen molar-refractivity contribution in [2.24, 2.45) is 11.8 Å². The zero-order valence-electron chi connectivity index (χ0n) is 11.5. The summed E-state index contributed by atoms with van der Waals surface area (Å²) in [5.74, 6) is 1.15. The molecular formula is C14H24O2S. The third-order valence-corrected chi connectivity index (χ3v) is 4.98. The average Bonchev–Trinajstić information content (AvgIpc) is 2.30. The first-order chi connectivity index (χ1) is 7.95. The molecule has 1 aliphatic carbocycles. The quantitative estimate of drug-likeness (QED) is 0.567. The first-order valence-corrected chi connectivity index (χ1v) is 7.33. The number of esters is 1. The predicted octanol–water partition coefficient (Wildman–Crippen LogP) is 3.66. The van der Waals surface area contributed by atoms with Crippen LogP contribution in [0.2, 0.25) is 0 Å². The van der Waals surface area contributed by atoms with Crippen molar-refractivity contribution < 1.29 is 9.53 Å². The number of carbonyl (C=O) groups is 1. The highest BCUT2D eigenvalue weighted by Crippen LogP contribution is 2.36. The molecule has 0 spiro atoms. The monoisotopic (exact) mass is 256 g/mol. The van der Waals surface area contributed by atoms with Gasteiger partial charge in [0.25, 0.3) is 0 Å². The van der Waals surface area contributed by atoms with E-state index in [1.807, 2.05) is 6.92 Å². The molecule has 1 rings (SSSR count). The van der Waals surface area contributed by atoms with Gasteiger partial charge in [-0.2, -0.15) is 0 Å². The molecule has 98 valence electrons. The molecule has 0 saturated heterocycles. The molecule has 3 atom stereocenters. The van der Waals surface area contributed by atoms with Gasteiger partial charge in [-0.15, -0.1) is 11.8 Å². The number of carbonyl (C=O) groups excluding carboxylic acids is 1. The van der Waals surface area contributed by atoms with Crippen LogP contribution >= 0.6 is 11.8 Å². The van der Waals surface area contributed by atoms with Crippen LogP contribution in [0.15, 0.2) is 11.6 Å². The SMILES string of the molecule is COC(=O)C(C)SC1C=C(C(C)C)CCC1C. The van der Waals surface area contributed by atoms with Crippen molar-refractivity contribution in [1.29, 1.82) is 0 Å². The molecule has 0 N–H and O–H groups in total. The molecule has 0 aliphatic heterocycles. The van der Waals surface area contributed by atoms with E-state index in [2.05, 4.69) is 26.8 Å². The summed E-state index contributed by atoms with van der Waals surface area (Å²) < 4.78 is 4.78. The van der Waals surface area contributed by atoms with E-state index in [9.17, 15) is 4.79 Å². The lowest BCUT2D eigenvalue weighted by molar-refractivity contribution is -0.139. The number of allylic oxidation sites excluding steroid dienone is 1. The van der Waals surface area contributed by atoms with Gasteiger partial charge >= 0.3 is 5.97 Å². The Labute approximate surface area is 109 Å². The number of ether oxygens (including phenoxy) is 1. The van der Waals surface area contributed by atoms with Crippen LogP contribution in [0.1, 0.15) is 40.5 Å². The lowest BCUT2D eigenvalue weighted by atomic mass is 9.86. The van der Waals surface area contributed by atoms with Crippen molar-refractivity contribution in [2.45, 2.75) is 51.0 Å². The second-order valence-corrected chi connectivity index (χ2v) is 6.70. The lowest BCUT2D eigenvalue weighted by Gasteiger charge is -2.30. The number of thioether (sulfide) groups is 1. The van der Waals surface area contributed by atoms with Crippen LogP contribution in [0.5, 0.6) is 0 Å². The fourth-order valence-corrected chi connectivity index (χ4v) is 3.47. The van der Waals surface area contributed by atoms with E-state index in [1.54, 1.807) is 11.8 Å². The fraction of sp³-hybridized carbons (Fsp3) is 0.786. The molecule has 0 heterocycles. The van der Waals surface area contributed by atoms with Gasteiger partial charge in [0, 0.05) is 5.25 Å². The summed E-state index contributed by atoms with van der Waals surface area (Å²) in [6, 6.07) is 0. The van der Waals surface area contributed by atoms with Crippen LogP contribution in [0, 0.1) is 11.8 Å². The average molecular weight is 256 g/mol. The molecule has 0 saturated carbocycles. The minimum absolute atomic E-state index is 0.0739. The Morgan fingerprint density at radius 1 is 1.47 bits per heavy atom. The molecule has 0 aromatic rings. The highest BCUT2D eigenvalue weighted by Gasteiger charge is 2.26. The molecule has 1 aliphatic rings. The molecule has 0 radical (unpaired) electrons. The van der Waals surface area contributed by atoms with E-state index in [0.717, 1.165) is 0 Å². The highest BCUT2D eigenvalue weighted by atomic mass is 32.2. The topological polar surface area (TPSA) is 26.3 Å². The largest absolute Gasteiger partial charge is 0.468 e. The van der Waals surface area contributed by atoms with Crippen LogP contribution in [0.25, 0.3) is 0 Å². The second kappa shape index (κ2) is 6.48. The molecule has 0 bridgehead atoms. The van der Waals surface area contributed by atoms with Gasteiger partial charge in [-0.05, 0) is 31.6 Å². The third-order valence-electron chi connectivity index (χ3n) is 3.46. The first-order valence-electron chi connectivity index (χ1n) is 6.39. The smallest absolute Gasteiger partial charge is 0.318 e. The Balaban J connectivity index is 2.67. The molecular weight excluding hydrogens is 232 g/mol. The summed E-state index contributed by atoms with van der Waals surface area (Å²) in [7, 11) is 1.46. The number of rotatable bonds is 4. The molecule has 0 aromatic carbocycles. The molecule has 2 nitrogen and oxygen atoms in total. The number of methoxy groups -OCH3 is 1. The molecule has 0 amide bonds. The van der Waals surface area contributed by atoms with E-state index < -0.39 is 0 Å². The van der Waals surface area contributed by atoms with Crippen molar-refractivity contribution in [3.05, 3.63) is 11.6 Å². The van der Waals surface area contributed by atoms with Gasteiger partial charge in [0.05, 0.1) is 7.11 Å². The van der Waals surface area contributed by atoms with Gasteiger partial charge in [-0.25, -0.2) is 0 Å².